The molecule has 136 valence electrons. The molecule has 0 atom stereocenters. The molecule has 0 aliphatic heterocycles. The van der Waals surface area contributed by atoms with Gasteiger partial charge in [0.25, 0.3) is 0 Å². The molecule has 0 aromatic heterocycles. The molecule has 0 aliphatic carbocycles. The van der Waals surface area contributed by atoms with Crippen molar-refractivity contribution in [3.05, 3.63) is 53.6 Å². The number of aryl methyl sites for hydroxylation is 2. The minimum atomic E-state index is 0. The van der Waals surface area contributed by atoms with E-state index >= 15 is 0 Å². The number of nitrogens with one attached hydrogen (secondary N) is 1. The zero-order valence-corrected chi connectivity index (χ0v) is 17.2. The summed E-state index contributed by atoms with van der Waals surface area (Å²) in [5, 5.41) is 3.10. The van der Waals surface area contributed by atoms with Crippen LogP contribution < -0.4 is 20.5 Å². The van der Waals surface area contributed by atoms with Gasteiger partial charge in [-0.1, -0.05) is 12.1 Å². The minimum absolute atomic E-state index is 0. The summed E-state index contributed by atoms with van der Waals surface area (Å²) >= 11 is 0. The van der Waals surface area contributed by atoms with E-state index in [0.717, 1.165) is 23.6 Å². The fourth-order valence-corrected chi connectivity index (χ4v) is 2.15. The quantitative estimate of drug-likeness (QED) is 0.285. The number of methoxy groups -OCH3 is 1. The second-order valence-electron chi connectivity index (χ2n) is 5.57. The summed E-state index contributed by atoms with van der Waals surface area (Å²) in [5.41, 5.74) is 9.33. The Bertz CT molecular complexity index is 705. The van der Waals surface area contributed by atoms with E-state index in [1.165, 1.54) is 11.1 Å². The number of anilines is 1. The van der Waals surface area contributed by atoms with Crippen molar-refractivity contribution in [3.63, 3.8) is 0 Å². The molecule has 0 unspecified atom stereocenters. The lowest BCUT2D eigenvalue weighted by Crippen LogP contribution is -2.23. The van der Waals surface area contributed by atoms with Crippen LogP contribution in [0, 0.1) is 13.8 Å². The third-order valence-corrected chi connectivity index (χ3v) is 3.67. The summed E-state index contributed by atoms with van der Waals surface area (Å²) < 4.78 is 10.8. The maximum absolute atomic E-state index is 5.91. The Balaban J connectivity index is 0.00000312. The lowest BCUT2D eigenvalue weighted by molar-refractivity contribution is 0.311. The van der Waals surface area contributed by atoms with E-state index in [-0.39, 0.29) is 24.0 Å². The first kappa shape index (κ1) is 21.1. The number of rotatable bonds is 7. The van der Waals surface area contributed by atoms with Crippen molar-refractivity contribution in [2.24, 2.45) is 10.7 Å². The Morgan fingerprint density at radius 1 is 1.08 bits per heavy atom. The van der Waals surface area contributed by atoms with Crippen LogP contribution >= 0.6 is 24.0 Å². The minimum Gasteiger partial charge on any atom is -0.497 e. The van der Waals surface area contributed by atoms with Crippen molar-refractivity contribution < 1.29 is 9.47 Å². The largest absolute Gasteiger partial charge is 0.497 e. The van der Waals surface area contributed by atoms with E-state index in [2.05, 4.69) is 36.3 Å². The number of guanidine groups is 1. The summed E-state index contributed by atoms with van der Waals surface area (Å²) in [5.74, 6) is 1.99. The lowest BCUT2D eigenvalue weighted by Gasteiger charge is -2.09. The Morgan fingerprint density at radius 2 is 1.84 bits per heavy atom. The molecule has 2 rings (SSSR count). The summed E-state index contributed by atoms with van der Waals surface area (Å²) in [6.45, 7) is 5.34. The molecule has 25 heavy (non-hydrogen) atoms. The fourth-order valence-electron chi connectivity index (χ4n) is 2.15. The van der Waals surface area contributed by atoms with Gasteiger partial charge in [0.1, 0.15) is 11.5 Å². The third-order valence-electron chi connectivity index (χ3n) is 3.67. The molecule has 0 saturated heterocycles. The van der Waals surface area contributed by atoms with Crippen molar-refractivity contribution in [2.45, 2.75) is 20.3 Å². The van der Waals surface area contributed by atoms with Crippen molar-refractivity contribution in [3.8, 4) is 11.5 Å². The van der Waals surface area contributed by atoms with E-state index < -0.39 is 0 Å². The smallest absolute Gasteiger partial charge is 0.193 e. The normalized spacial score (nSPS) is 10.8. The Hall–Kier alpha value is -1.96. The van der Waals surface area contributed by atoms with Crippen LogP contribution in [-0.4, -0.2) is 26.2 Å². The number of hydrogen-bond acceptors (Lipinski definition) is 3. The average molecular weight is 455 g/mol. The van der Waals surface area contributed by atoms with Crippen molar-refractivity contribution >= 4 is 35.6 Å². The van der Waals surface area contributed by atoms with Crippen LogP contribution in [0.25, 0.3) is 0 Å². The number of hydrogen-bond donors (Lipinski definition) is 2. The standard InChI is InChI=1S/C19H25N3O2.HI/c1-14-8-9-16(12-15(14)2)22-19(20)21-10-5-11-24-18-7-4-6-17(13-18)23-3;/h4,6-9,12-13H,5,10-11H2,1-3H3,(H3,20,21,22);1H. The molecule has 0 saturated carbocycles. The molecule has 5 nitrogen and oxygen atoms in total. The van der Waals surface area contributed by atoms with Gasteiger partial charge in [0.2, 0.25) is 0 Å². The topological polar surface area (TPSA) is 68.9 Å². The number of nitrogens with two attached hydrogens (primary N) is 1. The zero-order valence-electron chi connectivity index (χ0n) is 14.9. The monoisotopic (exact) mass is 455 g/mol. The van der Waals surface area contributed by atoms with Crippen LogP contribution in [0.5, 0.6) is 11.5 Å². The van der Waals surface area contributed by atoms with E-state index in [9.17, 15) is 0 Å². The molecular formula is C19H26IN3O2. The fraction of sp³-hybridized carbons (Fsp3) is 0.316. The molecule has 0 aliphatic rings. The second kappa shape index (κ2) is 10.8. The van der Waals surface area contributed by atoms with E-state index in [1.54, 1.807) is 7.11 Å². The molecule has 3 N–H and O–H groups in total. The Labute approximate surface area is 166 Å². The summed E-state index contributed by atoms with van der Waals surface area (Å²) in [4.78, 5) is 4.32. The lowest BCUT2D eigenvalue weighted by atomic mass is 10.1. The van der Waals surface area contributed by atoms with Gasteiger partial charge in [-0.25, -0.2) is 0 Å². The van der Waals surface area contributed by atoms with Gasteiger partial charge < -0.3 is 20.5 Å². The summed E-state index contributed by atoms with van der Waals surface area (Å²) in [7, 11) is 1.64. The molecule has 6 heteroatoms. The number of benzene rings is 2. The van der Waals surface area contributed by atoms with Gasteiger partial charge in [0.15, 0.2) is 5.96 Å². The number of halogens is 1. The van der Waals surface area contributed by atoms with Gasteiger partial charge in [-0.3, -0.25) is 4.99 Å². The highest BCUT2D eigenvalue weighted by Gasteiger charge is 1.99. The first-order chi connectivity index (χ1) is 11.6. The number of nitrogens with zero attached hydrogens (tertiary/aromatic N) is 1. The van der Waals surface area contributed by atoms with Gasteiger partial charge in [-0.2, -0.15) is 0 Å². The zero-order chi connectivity index (χ0) is 17.4. The molecule has 2 aromatic carbocycles. The molecule has 0 fully saturated rings. The van der Waals surface area contributed by atoms with Crippen LogP contribution in [0.2, 0.25) is 0 Å². The van der Waals surface area contributed by atoms with Gasteiger partial charge in [0, 0.05) is 24.7 Å². The van der Waals surface area contributed by atoms with Gasteiger partial charge in [-0.05, 0) is 49.2 Å². The van der Waals surface area contributed by atoms with Crippen LogP contribution in [0.4, 0.5) is 5.69 Å². The Morgan fingerprint density at radius 3 is 2.56 bits per heavy atom. The molecule has 0 amide bonds. The first-order valence-corrected chi connectivity index (χ1v) is 7.99. The molecule has 0 radical (unpaired) electrons. The number of ether oxygens (including phenoxy) is 2. The summed E-state index contributed by atoms with van der Waals surface area (Å²) in [6, 6.07) is 13.7. The van der Waals surface area contributed by atoms with Crippen LogP contribution in [0.1, 0.15) is 17.5 Å². The Kier molecular flexibility index (Phi) is 9.12. The van der Waals surface area contributed by atoms with Crippen LogP contribution in [0.15, 0.2) is 47.5 Å². The second-order valence-corrected chi connectivity index (χ2v) is 5.57. The molecule has 0 spiro atoms. The predicted octanol–water partition coefficient (Wildman–Crippen LogP) is 4.13. The van der Waals surface area contributed by atoms with Crippen LogP contribution in [0.3, 0.4) is 0 Å². The van der Waals surface area contributed by atoms with Gasteiger partial charge in [0.05, 0.1) is 13.7 Å². The molecular weight excluding hydrogens is 429 g/mol. The number of aliphatic imine (C=N–C) groups is 1. The van der Waals surface area contributed by atoms with Gasteiger partial charge in [-0.15, -0.1) is 24.0 Å². The molecule has 0 heterocycles. The first-order valence-electron chi connectivity index (χ1n) is 7.99. The van der Waals surface area contributed by atoms with Gasteiger partial charge >= 0.3 is 0 Å². The summed E-state index contributed by atoms with van der Waals surface area (Å²) in [6.07, 6.45) is 0.784. The van der Waals surface area contributed by atoms with E-state index in [4.69, 9.17) is 15.2 Å². The highest BCUT2D eigenvalue weighted by Crippen LogP contribution is 2.18. The third kappa shape index (κ3) is 7.21. The predicted molar refractivity (Wildman–Crippen MR) is 115 cm³/mol. The van der Waals surface area contributed by atoms with Crippen LogP contribution in [-0.2, 0) is 0 Å². The maximum atomic E-state index is 5.91. The van der Waals surface area contributed by atoms with E-state index in [0.29, 0.717) is 19.1 Å². The SMILES string of the molecule is COc1cccc(OCCCN=C(N)Nc2ccc(C)c(C)c2)c1.I. The van der Waals surface area contributed by atoms with E-state index in [1.807, 2.05) is 30.3 Å². The van der Waals surface area contributed by atoms with Crippen molar-refractivity contribution in [1.29, 1.82) is 0 Å². The molecule has 2 aromatic rings. The molecule has 0 bridgehead atoms. The van der Waals surface area contributed by atoms with Crippen molar-refractivity contribution in [2.75, 3.05) is 25.6 Å². The highest BCUT2D eigenvalue weighted by atomic mass is 127. The van der Waals surface area contributed by atoms with Crippen molar-refractivity contribution in [1.82, 2.24) is 0 Å². The maximum Gasteiger partial charge on any atom is 0.193 e. The highest BCUT2D eigenvalue weighted by molar-refractivity contribution is 14.0. The average Bonchev–Trinajstić information content (AvgIpc) is 2.58.